The molecule has 1 aliphatic heterocycles. The van der Waals surface area contributed by atoms with Crippen molar-refractivity contribution in [1.29, 1.82) is 0 Å². The maximum atomic E-state index is 12.8. The zero-order valence-electron chi connectivity index (χ0n) is 12.6. The van der Waals surface area contributed by atoms with E-state index in [1.807, 2.05) is 38.1 Å². The molecule has 0 fully saturated rings. The number of hydrogen-bond donors (Lipinski definition) is 0. The van der Waals surface area contributed by atoms with Gasteiger partial charge in [0.25, 0.3) is 0 Å². The Morgan fingerprint density at radius 1 is 1.23 bits per heavy atom. The van der Waals surface area contributed by atoms with Gasteiger partial charge in [0.2, 0.25) is 10.0 Å². The molecule has 0 radical (unpaired) electrons. The lowest BCUT2D eigenvalue weighted by Gasteiger charge is -2.29. The third-order valence-corrected chi connectivity index (χ3v) is 6.63. The molecule has 0 aliphatic carbocycles. The van der Waals surface area contributed by atoms with Crippen LogP contribution in [-0.2, 0) is 15.8 Å². The molecule has 3 rings (SSSR count). The third-order valence-electron chi connectivity index (χ3n) is 3.84. The predicted molar refractivity (Wildman–Crippen MR) is 90.8 cm³/mol. The van der Waals surface area contributed by atoms with Gasteiger partial charge in [0.15, 0.2) is 0 Å². The molecule has 0 amide bonds. The number of sulfonamides is 1. The van der Waals surface area contributed by atoms with Crippen molar-refractivity contribution in [3.8, 4) is 0 Å². The summed E-state index contributed by atoms with van der Waals surface area (Å²) in [5, 5.41) is 0. The molecule has 22 heavy (non-hydrogen) atoms. The van der Waals surface area contributed by atoms with Crippen LogP contribution in [0.25, 0.3) is 0 Å². The number of aromatic nitrogens is 1. The van der Waals surface area contributed by atoms with Crippen molar-refractivity contribution in [3.05, 3.63) is 53.3 Å². The molecule has 1 aromatic carbocycles. The average molecular weight is 334 g/mol. The smallest absolute Gasteiger partial charge is 0.239 e. The van der Waals surface area contributed by atoms with Gasteiger partial charge < -0.3 is 0 Å². The fourth-order valence-corrected chi connectivity index (χ4v) is 5.22. The van der Waals surface area contributed by atoms with Crippen LogP contribution in [0.4, 0.5) is 5.69 Å². The van der Waals surface area contributed by atoms with Crippen LogP contribution >= 0.6 is 11.8 Å². The Labute approximate surface area is 135 Å². The number of aryl methyl sites for hydroxylation is 2. The van der Waals surface area contributed by atoms with Crippen LogP contribution in [0.1, 0.15) is 16.7 Å². The summed E-state index contributed by atoms with van der Waals surface area (Å²) in [5.41, 5.74) is 3.81. The van der Waals surface area contributed by atoms with E-state index in [-0.39, 0.29) is 5.75 Å². The third kappa shape index (κ3) is 2.98. The number of benzene rings is 1. The van der Waals surface area contributed by atoms with Gasteiger partial charge in [-0.25, -0.2) is 8.42 Å². The Balaban J connectivity index is 1.92. The molecule has 0 spiro atoms. The molecular formula is C16H18N2O2S2. The van der Waals surface area contributed by atoms with Gasteiger partial charge in [-0.3, -0.25) is 9.29 Å². The van der Waals surface area contributed by atoms with E-state index in [0.717, 1.165) is 21.8 Å². The SMILES string of the molecule is Cc1ccc(CS(=O)(=O)N2CCSc3ccncc32)cc1C. The fraction of sp³-hybridized carbons (Fsp3) is 0.312. The molecule has 0 saturated carbocycles. The molecule has 0 bridgehead atoms. The minimum atomic E-state index is -3.40. The Bertz CT molecular complexity index is 804. The zero-order chi connectivity index (χ0) is 15.7. The summed E-state index contributed by atoms with van der Waals surface area (Å²) in [6, 6.07) is 7.69. The van der Waals surface area contributed by atoms with E-state index in [1.54, 1.807) is 24.2 Å². The second-order valence-corrected chi connectivity index (χ2v) is 8.47. The molecule has 6 heteroatoms. The van der Waals surface area contributed by atoms with Crippen molar-refractivity contribution >= 4 is 27.5 Å². The summed E-state index contributed by atoms with van der Waals surface area (Å²) in [4.78, 5) is 5.05. The second-order valence-electron chi connectivity index (χ2n) is 5.44. The number of anilines is 1. The van der Waals surface area contributed by atoms with Crippen molar-refractivity contribution < 1.29 is 8.42 Å². The molecule has 0 atom stereocenters. The highest BCUT2D eigenvalue weighted by molar-refractivity contribution is 8.00. The summed E-state index contributed by atoms with van der Waals surface area (Å²) < 4.78 is 27.1. The largest absolute Gasteiger partial charge is 0.266 e. The number of rotatable bonds is 3. The second kappa shape index (κ2) is 5.93. The molecule has 1 aromatic heterocycles. The molecule has 0 unspecified atom stereocenters. The highest BCUT2D eigenvalue weighted by atomic mass is 32.2. The first kappa shape index (κ1) is 15.4. The summed E-state index contributed by atoms with van der Waals surface area (Å²) in [5.74, 6) is 0.788. The van der Waals surface area contributed by atoms with Gasteiger partial charge in [-0.1, -0.05) is 18.2 Å². The van der Waals surface area contributed by atoms with Crippen LogP contribution in [0.2, 0.25) is 0 Å². The van der Waals surface area contributed by atoms with Gasteiger partial charge in [0.1, 0.15) is 0 Å². The normalized spacial score (nSPS) is 14.7. The van der Waals surface area contributed by atoms with Crippen LogP contribution in [0.5, 0.6) is 0 Å². The molecule has 2 heterocycles. The Kier molecular flexibility index (Phi) is 4.14. The highest BCUT2D eigenvalue weighted by Gasteiger charge is 2.28. The van der Waals surface area contributed by atoms with Crippen molar-refractivity contribution in [3.63, 3.8) is 0 Å². The van der Waals surface area contributed by atoms with E-state index in [9.17, 15) is 8.42 Å². The van der Waals surface area contributed by atoms with Gasteiger partial charge in [-0.2, -0.15) is 0 Å². The standard InChI is InChI=1S/C16H18N2O2S2/c1-12-3-4-14(9-13(12)2)11-22(19,20)18-7-8-21-16-5-6-17-10-15(16)18/h3-6,9-10H,7-8,11H2,1-2H3. The lowest BCUT2D eigenvalue weighted by atomic mass is 10.1. The molecule has 0 saturated heterocycles. The van der Waals surface area contributed by atoms with Crippen molar-refractivity contribution in [2.24, 2.45) is 0 Å². The van der Waals surface area contributed by atoms with E-state index in [4.69, 9.17) is 0 Å². The van der Waals surface area contributed by atoms with E-state index >= 15 is 0 Å². The Morgan fingerprint density at radius 3 is 2.82 bits per heavy atom. The van der Waals surface area contributed by atoms with Gasteiger partial charge in [-0.05, 0) is 36.6 Å². The zero-order valence-corrected chi connectivity index (χ0v) is 14.2. The van der Waals surface area contributed by atoms with Gasteiger partial charge >= 0.3 is 0 Å². The topological polar surface area (TPSA) is 50.3 Å². The summed E-state index contributed by atoms with van der Waals surface area (Å²) >= 11 is 1.67. The van der Waals surface area contributed by atoms with Crippen molar-refractivity contribution in [2.45, 2.75) is 24.5 Å². The first-order valence-electron chi connectivity index (χ1n) is 7.11. The maximum absolute atomic E-state index is 12.8. The van der Waals surface area contributed by atoms with Crippen LogP contribution in [0.3, 0.4) is 0 Å². The molecule has 2 aromatic rings. The summed E-state index contributed by atoms with van der Waals surface area (Å²) in [6.07, 6.45) is 3.34. The van der Waals surface area contributed by atoms with Gasteiger partial charge in [0.05, 0.1) is 17.6 Å². The van der Waals surface area contributed by atoms with E-state index < -0.39 is 10.0 Å². The Morgan fingerprint density at radius 2 is 2.05 bits per heavy atom. The molecular weight excluding hydrogens is 316 g/mol. The fourth-order valence-electron chi connectivity index (χ4n) is 2.51. The number of pyridine rings is 1. The molecule has 1 aliphatic rings. The Hall–Kier alpha value is -1.53. The van der Waals surface area contributed by atoms with Gasteiger partial charge in [0, 0.05) is 23.4 Å². The molecule has 116 valence electrons. The van der Waals surface area contributed by atoms with Crippen molar-refractivity contribution in [1.82, 2.24) is 4.98 Å². The first-order valence-corrected chi connectivity index (χ1v) is 9.70. The lowest BCUT2D eigenvalue weighted by Crippen LogP contribution is -2.36. The number of nitrogens with zero attached hydrogens (tertiary/aromatic N) is 2. The van der Waals surface area contributed by atoms with E-state index in [1.165, 1.54) is 9.87 Å². The van der Waals surface area contributed by atoms with Crippen LogP contribution in [0.15, 0.2) is 41.6 Å². The van der Waals surface area contributed by atoms with Crippen molar-refractivity contribution in [2.75, 3.05) is 16.6 Å². The summed E-state index contributed by atoms with van der Waals surface area (Å²) in [7, 11) is -3.40. The lowest BCUT2D eigenvalue weighted by molar-refractivity contribution is 0.590. The molecule has 4 nitrogen and oxygen atoms in total. The van der Waals surface area contributed by atoms with E-state index in [0.29, 0.717) is 12.2 Å². The predicted octanol–water partition coefficient (Wildman–Crippen LogP) is 3.14. The monoisotopic (exact) mass is 334 g/mol. The number of fused-ring (bicyclic) bond motifs is 1. The average Bonchev–Trinajstić information content (AvgIpc) is 2.50. The van der Waals surface area contributed by atoms with Crippen LogP contribution in [0, 0.1) is 13.8 Å². The van der Waals surface area contributed by atoms with Crippen LogP contribution < -0.4 is 4.31 Å². The quantitative estimate of drug-likeness (QED) is 0.865. The van der Waals surface area contributed by atoms with E-state index in [2.05, 4.69) is 4.98 Å². The number of thioether (sulfide) groups is 1. The summed E-state index contributed by atoms with van der Waals surface area (Å²) in [6.45, 7) is 4.52. The minimum absolute atomic E-state index is 0.0210. The number of hydrogen-bond acceptors (Lipinski definition) is 4. The molecule has 0 N–H and O–H groups in total. The van der Waals surface area contributed by atoms with Gasteiger partial charge in [-0.15, -0.1) is 11.8 Å². The highest BCUT2D eigenvalue weighted by Crippen LogP contribution is 2.35. The van der Waals surface area contributed by atoms with Crippen LogP contribution in [-0.4, -0.2) is 25.7 Å². The maximum Gasteiger partial charge on any atom is 0.239 e. The first-order chi connectivity index (χ1) is 10.5. The minimum Gasteiger partial charge on any atom is -0.266 e.